The third-order valence-electron chi connectivity index (χ3n) is 3.80. The molecule has 2 rings (SSSR count). The SMILES string of the molecule is CC1CN(CC2CCNCC2)CCS1(=O)=O. The van der Waals surface area contributed by atoms with Crippen LogP contribution in [0.3, 0.4) is 0 Å². The predicted molar refractivity (Wildman–Crippen MR) is 65.3 cm³/mol. The molecule has 4 nitrogen and oxygen atoms in total. The number of nitrogens with zero attached hydrogens (tertiary/aromatic N) is 1. The average Bonchev–Trinajstić information content (AvgIpc) is 2.26. The van der Waals surface area contributed by atoms with E-state index in [2.05, 4.69) is 10.2 Å². The van der Waals surface area contributed by atoms with Crippen molar-refractivity contribution >= 4 is 9.84 Å². The van der Waals surface area contributed by atoms with Crippen molar-refractivity contribution in [1.82, 2.24) is 10.2 Å². The van der Waals surface area contributed by atoms with E-state index >= 15 is 0 Å². The first kappa shape index (κ1) is 12.3. The second-order valence-corrected chi connectivity index (χ2v) is 7.67. The van der Waals surface area contributed by atoms with Gasteiger partial charge in [-0.3, -0.25) is 0 Å². The Morgan fingerprint density at radius 2 is 2.00 bits per heavy atom. The van der Waals surface area contributed by atoms with Gasteiger partial charge in [-0.2, -0.15) is 0 Å². The molecule has 0 saturated carbocycles. The Balaban J connectivity index is 1.83. The second-order valence-electron chi connectivity index (χ2n) is 5.13. The van der Waals surface area contributed by atoms with Crippen molar-refractivity contribution in [3.63, 3.8) is 0 Å². The molecule has 0 aromatic heterocycles. The van der Waals surface area contributed by atoms with Gasteiger partial charge in [0.05, 0.1) is 11.0 Å². The lowest BCUT2D eigenvalue weighted by atomic mass is 9.97. The number of sulfone groups is 1. The zero-order valence-electron chi connectivity index (χ0n) is 9.98. The predicted octanol–water partition coefficient (Wildman–Crippen LogP) is 0.105. The van der Waals surface area contributed by atoms with E-state index in [0.29, 0.717) is 5.75 Å². The van der Waals surface area contributed by atoms with Crippen LogP contribution in [-0.2, 0) is 9.84 Å². The molecule has 1 N–H and O–H groups in total. The molecule has 1 atom stereocenters. The molecule has 0 aliphatic carbocycles. The number of piperidine rings is 1. The highest BCUT2D eigenvalue weighted by Crippen LogP contribution is 2.17. The van der Waals surface area contributed by atoms with Gasteiger partial charge < -0.3 is 10.2 Å². The van der Waals surface area contributed by atoms with Crippen LogP contribution in [0, 0.1) is 5.92 Å². The molecule has 94 valence electrons. The van der Waals surface area contributed by atoms with Gasteiger partial charge in [-0.15, -0.1) is 0 Å². The molecule has 2 aliphatic rings. The molecular formula is C11H22N2O2S. The fraction of sp³-hybridized carbons (Fsp3) is 1.00. The van der Waals surface area contributed by atoms with E-state index < -0.39 is 9.84 Å². The van der Waals surface area contributed by atoms with Gasteiger partial charge >= 0.3 is 0 Å². The highest BCUT2D eigenvalue weighted by atomic mass is 32.2. The van der Waals surface area contributed by atoms with Crippen LogP contribution in [0.1, 0.15) is 19.8 Å². The lowest BCUT2D eigenvalue weighted by Crippen LogP contribution is -2.48. The van der Waals surface area contributed by atoms with Crippen molar-refractivity contribution in [3.8, 4) is 0 Å². The van der Waals surface area contributed by atoms with Gasteiger partial charge in [-0.05, 0) is 38.8 Å². The number of hydrogen-bond acceptors (Lipinski definition) is 4. The maximum atomic E-state index is 11.6. The van der Waals surface area contributed by atoms with Crippen LogP contribution >= 0.6 is 0 Å². The second kappa shape index (κ2) is 5.02. The van der Waals surface area contributed by atoms with Gasteiger partial charge in [0, 0.05) is 19.6 Å². The average molecular weight is 246 g/mol. The third kappa shape index (κ3) is 2.96. The summed E-state index contributed by atoms with van der Waals surface area (Å²) in [5, 5.41) is 3.18. The molecule has 0 bridgehead atoms. The van der Waals surface area contributed by atoms with Crippen LogP contribution in [0.4, 0.5) is 0 Å². The molecule has 2 fully saturated rings. The zero-order valence-corrected chi connectivity index (χ0v) is 10.8. The van der Waals surface area contributed by atoms with E-state index in [1.807, 2.05) is 6.92 Å². The topological polar surface area (TPSA) is 49.4 Å². The smallest absolute Gasteiger partial charge is 0.155 e. The Hall–Kier alpha value is -0.130. The summed E-state index contributed by atoms with van der Waals surface area (Å²) in [6.45, 7) is 6.62. The first-order valence-electron chi connectivity index (χ1n) is 6.22. The quantitative estimate of drug-likeness (QED) is 0.751. The molecule has 0 radical (unpaired) electrons. The fourth-order valence-electron chi connectivity index (χ4n) is 2.62. The highest BCUT2D eigenvalue weighted by Gasteiger charge is 2.30. The van der Waals surface area contributed by atoms with E-state index in [0.717, 1.165) is 38.6 Å². The van der Waals surface area contributed by atoms with Gasteiger partial charge in [0.1, 0.15) is 0 Å². The van der Waals surface area contributed by atoms with Gasteiger partial charge in [-0.25, -0.2) is 8.42 Å². The maximum absolute atomic E-state index is 11.6. The Bertz CT molecular complexity index is 323. The van der Waals surface area contributed by atoms with Crippen LogP contribution in [0.25, 0.3) is 0 Å². The summed E-state index contributed by atoms with van der Waals surface area (Å²) in [6, 6.07) is 0. The molecule has 1 unspecified atom stereocenters. The van der Waals surface area contributed by atoms with E-state index in [1.54, 1.807) is 0 Å². The van der Waals surface area contributed by atoms with Crippen LogP contribution in [0.15, 0.2) is 0 Å². The van der Waals surface area contributed by atoms with E-state index in [4.69, 9.17) is 0 Å². The Labute approximate surface area is 98.3 Å². The minimum Gasteiger partial charge on any atom is -0.317 e. The molecule has 0 amide bonds. The van der Waals surface area contributed by atoms with Crippen molar-refractivity contribution in [3.05, 3.63) is 0 Å². The lowest BCUT2D eigenvalue weighted by Gasteiger charge is -2.34. The van der Waals surface area contributed by atoms with Crippen LogP contribution in [-0.4, -0.2) is 57.0 Å². The van der Waals surface area contributed by atoms with Crippen LogP contribution in [0.2, 0.25) is 0 Å². The normalized spacial score (nSPS) is 32.7. The zero-order chi connectivity index (χ0) is 11.6. The van der Waals surface area contributed by atoms with Crippen molar-refractivity contribution in [2.75, 3.05) is 38.5 Å². The molecule has 0 spiro atoms. The summed E-state index contributed by atoms with van der Waals surface area (Å²) in [5.41, 5.74) is 0. The Kier molecular flexibility index (Phi) is 3.87. The van der Waals surface area contributed by atoms with Crippen LogP contribution in [0.5, 0.6) is 0 Å². The maximum Gasteiger partial charge on any atom is 0.155 e. The minimum atomic E-state index is -2.79. The summed E-state index contributed by atoms with van der Waals surface area (Å²) < 4.78 is 23.2. The van der Waals surface area contributed by atoms with Gasteiger partial charge in [0.2, 0.25) is 0 Å². The first-order valence-corrected chi connectivity index (χ1v) is 7.94. The van der Waals surface area contributed by atoms with E-state index in [9.17, 15) is 8.42 Å². The highest BCUT2D eigenvalue weighted by molar-refractivity contribution is 7.92. The summed E-state index contributed by atoms with van der Waals surface area (Å²) >= 11 is 0. The lowest BCUT2D eigenvalue weighted by molar-refractivity contribution is 0.208. The van der Waals surface area contributed by atoms with Gasteiger partial charge in [0.25, 0.3) is 0 Å². The number of hydrogen-bond donors (Lipinski definition) is 1. The summed E-state index contributed by atoms with van der Waals surface area (Å²) in [6.07, 6.45) is 2.47. The first-order chi connectivity index (χ1) is 7.58. The Morgan fingerprint density at radius 1 is 1.31 bits per heavy atom. The van der Waals surface area contributed by atoms with Crippen molar-refractivity contribution in [2.24, 2.45) is 5.92 Å². The minimum absolute atomic E-state index is 0.178. The summed E-state index contributed by atoms with van der Waals surface area (Å²) in [5.74, 6) is 1.10. The van der Waals surface area contributed by atoms with Crippen LogP contribution < -0.4 is 5.32 Å². The fourth-order valence-corrected chi connectivity index (χ4v) is 3.97. The summed E-state index contributed by atoms with van der Waals surface area (Å²) in [4.78, 5) is 2.34. The molecule has 0 aromatic carbocycles. The molecule has 2 saturated heterocycles. The molecule has 2 heterocycles. The summed E-state index contributed by atoms with van der Waals surface area (Å²) in [7, 11) is -2.79. The van der Waals surface area contributed by atoms with Gasteiger partial charge in [0.15, 0.2) is 9.84 Å². The van der Waals surface area contributed by atoms with E-state index in [-0.39, 0.29) is 5.25 Å². The van der Waals surface area contributed by atoms with Crippen molar-refractivity contribution in [1.29, 1.82) is 0 Å². The Morgan fingerprint density at radius 3 is 2.62 bits per heavy atom. The molecule has 0 aromatic rings. The largest absolute Gasteiger partial charge is 0.317 e. The molecule has 16 heavy (non-hydrogen) atoms. The van der Waals surface area contributed by atoms with E-state index in [1.165, 1.54) is 12.8 Å². The van der Waals surface area contributed by atoms with Crippen molar-refractivity contribution < 1.29 is 8.42 Å². The monoisotopic (exact) mass is 246 g/mol. The number of nitrogens with one attached hydrogen (secondary N) is 1. The van der Waals surface area contributed by atoms with Gasteiger partial charge in [-0.1, -0.05) is 0 Å². The number of rotatable bonds is 2. The molecule has 2 aliphatic heterocycles. The van der Waals surface area contributed by atoms with Crippen molar-refractivity contribution in [2.45, 2.75) is 25.0 Å². The molecule has 5 heteroatoms. The molecular weight excluding hydrogens is 224 g/mol. The standard InChI is InChI=1S/C11H22N2O2S/c1-10-8-13(6-7-16(10,14)15)9-11-2-4-12-5-3-11/h10-12H,2-9H2,1H3. The third-order valence-corrected chi connectivity index (χ3v) is 5.92.